The molecule has 2 heteroatoms. The van der Waals surface area contributed by atoms with Gasteiger partial charge in [-0.3, -0.25) is 4.98 Å². The maximum absolute atomic E-state index is 5.32. The second-order valence-corrected chi connectivity index (χ2v) is 6.12. The fourth-order valence-corrected chi connectivity index (χ4v) is 3.39. The molecule has 110 valence electrons. The van der Waals surface area contributed by atoms with E-state index in [0.717, 1.165) is 29.3 Å². The van der Waals surface area contributed by atoms with Crippen molar-refractivity contribution >= 4 is 0 Å². The van der Waals surface area contributed by atoms with Gasteiger partial charge in [-0.05, 0) is 48.9 Å². The van der Waals surface area contributed by atoms with Crippen LogP contribution in [0.4, 0.5) is 0 Å². The van der Waals surface area contributed by atoms with Gasteiger partial charge in [-0.25, -0.2) is 0 Å². The van der Waals surface area contributed by atoms with E-state index >= 15 is 0 Å². The molecule has 0 N–H and O–H groups in total. The fourth-order valence-electron chi connectivity index (χ4n) is 3.39. The lowest BCUT2D eigenvalue weighted by molar-refractivity contribution is 0.414. The molecular weight excluding hydrogens is 258 g/mol. The minimum atomic E-state index is 0.606. The number of rotatable bonds is 3. The Balaban J connectivity index is 2.02. The molecule has 0 bridgehead atoms. The zero-order chi connectivity index (χ0) is 14.8. The number of ether oxygens (including phenoxy) is 1. The van der Waals surface area contributed by atoms with Gasteiger partial charge in [-0.2, -0.15) is 0 Å². The van der Waals surface area contributed by atoms with Gasteiger partial charge in [0, 0.05) is 17.2 Å². The zero-order valence-corrected chi connectivity index (χ0v) is 13.1. The maximum Gasteiger partial charge on any atom is 0.119 e. The second-order valence-electron chi connectivity index (χ2n) is 6.12. The maximum atomic E-state index is 5.32. The van der Waals surface area contributed by atoms with Gasteiger partial charge in [0.1, 0.15) is 5.75 Å². The van der Waals surface area contributed by atoms with Crippen LogP contribution < -0.4 is 4.74 Å². The molecule has 0 radical (unpaired) electrons. The van der Waals surface area contributed by atoms with Crippen molar-refractivity contribution in [3.05, 3.63) is 47.7 Å². The molecule has 0 fully saturated rings. The van der Waals surface area contributed by atoms with Gasteiger partial charge in [0.25, 0.3) is 0 Å². The summed E-state index contributed by atoms with van der Waals surface area (Å²) in [6.45, 7) is 4.62. The van der Waals surface area contributed by atoms with Gasteiger partial charge in [-0.15, -0.1) is 0 Å². The number of nitrogens with zero attached hydrogens (tertiary/aromatic N) is 1. The highest BCUT2D eigenvalue weighted by Crippen LogP contribution is 2.37. The lowest BCUT2D eigenvalue weighted by Gasteiger charge is -2.28. The summed E-state index contributed by atoms with van der Waals surface area (Å²) in [5.41, 5.74) is 4.94. The van der Waals surface area contributed by atoms with E-state index in [1.807, 2.05) is 12.1 Å². The average molecular weight is 281 g/mol. The molecule has 3 rings (SSSR count). The van der Waals surface area contributed by atoms with Crippen LogP contribution in [0.2, 0.25) is 0 Å². The third-order valence-electron chi connectivity index (χ3n) is 4.51. The van der Waals surface area contributed by atoms with E-state index < -0.39 is 0 Å². The first-order valence-electron chi connectivity index (χ1n) is 7.85. The lowest BCUT2D eigenvalue weighted by Crippen LogP contribution is -2.18. The summed E-state index contributed by atoms with van der Waals surface area (Å²) in [6, 6.07) is 12.6. The van der Waals surface area contributed by atoms with Gasteiger partial charge < -0.3 is 4.74 Å². The van der Waals surface area contributed by atoms with E-state index in [0.29, 0.717) is 5.92 Å². The van der Waals surface area contributed by atoms with Gasteiger partial charge >= 0.3 is 0 Å². The van der Waals surface area contributed by atoms with Crippen molar-refractivity contribution in [2.75, 3.05) is 7.11 Å². The van der Waals surface area contributed by atoms with Gasteiger partial charge in [0.15, 0.2) is 0 Å². The summed E-state index contributed by atoms with van der Waals surface area (Å²) >= 11 is 0. The fraction of sp³-hybridized carbons (Fsp3) is 0.421. The first-order chi connectivity index (χ1) is 10.2. The topological polar surface area (TPSA) is 22.1 Å². The van der Waals surface area contributed by atoms with Crippen molar-refractivity contribution in [1.29, 1.82) is 0 Å². The van der Waals surface area contributed by atoms with Crippen LogP contribution >= 0.6 is 0 Å². The highest BCUT2D eigenvalue weighted by molar-refractivity contribution is 5.62. The zero-order valence-electron chi connectivity index (χ0n) is 13.1. The van der Waals surface area contributed by atoms with Crippen LogP contribution in [0.5, 0.6) is 5.75 Å². The highest BCUT2D eigenvalue weighted by Gasteiger charge is 2.25. The van der Waals surface area contributed by atoms with E-state index in [2.05, 4.69) is 38.1 Å². The van der Waals surface area contributed by atoms with E-state index in [1.54, 1.807) is 7.11 Å². The number of pyridine rings is 1. The van der Waals surface area contributed by atoms with Crippen molar-refractivity contribution in [3.8, 4) is 17.0 Å². The third kappa shape index (κ3) is 2.80. The number of methoxy groups -OCH3 is 1. The Hall–Kier alpha value is -1.83. The Morgan fingerprint density at radius 2 is 2.10 bits per heavy atom. The van der Waals surface area contributed by atoms with E-state index in [-0.39, 0.29) is 0 Å². The normalized spacial score (nSPS) is 20.9. The molecule has 0 saturated carbocycles. The lowest BCUT2D eigenvalue weighted by atomic mass is 9.79. The molecule has 1 aromatic carbocycles. The minimum absolute atomic E-state index is 0.606. The van der Waals surface area contributed by atoms with Gasteiger partial charge in [-0.1, -0.05) is 32.0 Å². The standard InChI is InChI=1S/C19H23NO/c1-4-14-10-13(2)11-16-8-9-18(20-19(14)16)15-6-5-7-17(12-15)21-3/h5-9,12-14H,4,10-11H2,1-3H3. The Morgan fingerprint density at radius 1 is 1.24 bits per heavy atom. The molecule has 1 aromatic heterocycles. The molecule has 2 aromatic rings. The van der Waals surface area contributed by atoms with Crippen molar-refractivity contribution in [2.45, 2.75) is 39.0 Å². The number of fused-ring (bicyclic) bond motifs is 1. The Labute approximate surface area is 127 Å². The number of hydrogen-bond donors (Lipinski definition) is 0. The predicted molar refractivity (Wildman–Crippen MR) is 86.7 cm³/mol. The first kappa shape index (κ1) is 14.1. The molecule has 2 unspecified atom stereocenters. The molecule has 2 nitrogen and oxygen atoms in total. The van der Waals surface area contributed by atoms with Crippen molar-refractivity contribution in [1.82, 2.24) is 4.98 Å². The molecule has 1 aliphatic carbocycles. The summed E-state index contributed by atoms with van der Waals surface area (Å²) in [5, 5.41) is 0. The van der Waals surface area contributed by atoms with Crippen LogP contribution in [0.25, 0.3) is 11.3 Å². The van der Waals surface area contributed by atoms with Gasteiger partial charge in [0.2, 0.25) is 0 Å². The smallest absolute Gasteiger partial charge is 0.119 e. The SMILES string of the molecule is CCC1CC(C)Cc2ccc(-c3cccc(OC)c3)nc21. The summed E-state index contributed by atoms with van der Waals surface area (Å²) < 4.78 is 5.32. The first-order valence-corrected chi connectivity index (χ1v) is 7.85. The third-order valence-corrected chi connectivity index (χ3v) is 4.51. The molecule has 2 atom stereocenters. The molecule has 0 saturated heterocycles. The Morgan fingerprint density at radius 3 is 2.86 bits per heavy atom. The summed E-state index contributed by atoms with van der Waals surface area (Å²) in [4.78, 5) is 4.99. The van der Waals surface area contributed by atoms with E-state index in [9.17, 15) is 0 Å². The average Bonchev–Trinajstić information content (AvgIpc) is 2.53. The monoisotopic (exact) mass is 281 g/mol. The molecule has 21 heavy (non-hydrogen) atoms. The highest BCUT2D eigenvalue weighted by atomic mass is 16.5. The van der Waals surface area contributed by atoms with Crippen molar-refractivity contribution in [3.63, 3.8) is 0 Å². The number of hydrogen-bond acceptors (Lipinski definition) is 2. The van der Waals surface area contributed by atoms with Crippen LogP contribution in [-0.2, 0) is 6.42 Å². The second kappa shape index (κ2) is 5.88. The number of benzene rings is 1. The van der Waals surface area contributed by atoms with Crippen LogP contribution in [0, 0.1) is 5.92 Å². The largest absolute Gasteiger partial charge is 0.497 e. The number of aromatic nitrogens is 1. The summed E-state index contributed by atoms with van der Waals surface area (Å²) in [5.74, 6) is 2.26. The molecular formula is C19H23NO. The van der Waals surface area contributed by atoms with Crippen LogP contribution in [-0.4, -0.2) is 12.1 Å². The molecule has 0 amide bonds. The van der Waals surface area contributed by atoms with Crippen molar-refractivity contribution in [2.24, 2.45) is 5.92 Å². The van der Waals surface area contributed by atoms with Crippen LogP contribution in [0.3, 0.4) is 0 Å². The Bertz CT molecular complexity index is 635. The van der Waals surface area contributed by atoms with Crippen LogP contribution in [0.1, 0.15) is 43.9 Å². The summed E-state index contributed by atoms with van der Waals surface area (Å²) in [7, 11) is 1.70. The Kier molecular flexibility index (Phi) is 3.96. The molecule has 1 aliphatic rings. The van der Waals surface area contributed by atoms with Gasteiger partial charge in [0.05, 0.1) is 12.8 Å². The summed E-state index contributed by atoms with van der Waals surface area (Å²) in [6.07, 6.45) is 3.60. The quantitative estimate of drug-likeness (QED) is 0.803. The van der Waals surface area contributed by atoms with Crippen LogP contribution in [0.15, 0.2) is 36.4 Å². The molecule has 0 aliphatic heterocycles. The molecule has 0 spiro atoms. The molecule has 1 heterocycles. The minimum Gasteiger partial charge on any atom is -0.497 e. The van der Waals surface area contributed by atoms with Crippen molar-refractivity contribution < 1.29 is 4.74 Å². The van der Waals surface area contributed by atoms with E-state index in [4.69, 9.17) is 9.72 Å². The predicted octanol–water partition coefficient (Wildman–Crippen LogP) is 4.83. The van der Waals surface area contributed by atoms with E-state index in [1.165, 1.54) is 24.1 Å².